The van der Waals surface area contributed by atoms with Crippen molar-refractivity contribution in [3.05, 3.63) is 24.0 Å². The van der Waals surface area contributed by atoms with Crippen LogP contribution in [0.1, 0.15) is 25.7 Å². The number of nitrogens with zero attached hydrogens (tertiary/aromatic N) is 1. The van der Waals surface area contributed by atoms with Crippen LogP contribution in [-0.4, -0.2) is 52.3 Å². The Hall–Kier alpha value is -1.34. The van der Waals surface area contributed by atoms with Gasteiger partial charge in [-0.15, -0.1) is 0 Å². The lowest BCUT2D eigenvalue weighted by Gasteiger charge is -2.30. The van der Waals surface area contributed by atoms with E-state index in [9.17, 15) is 12.8 Å². The van der Waals surface area contributed by atoms with Crippen LogP contribution in [0.4, 0.5) is 15.8 Å². The smallest absolute Gasteiger partial charge is 0.153 e. The fourth-order valence-electron chi connectivity index (χ4n) is 3.29. The molecule has 1 N–H and O–H groups in total. The predicted octanol–water partition coefficient (Wildman–Crippen LogP) is 2.43. The molecule has 0 atom stereocenters. The van der Waals surface area contributed by atoms with E-state index in [0.717, 1.165) is 44.6 Å². The van der Waals surface area contributed by atoms with E-state index in [0.29, 0.717) is 24.8 Å². The Morgan fingerprint density at radius 3 is 2.46 bits per heavy atom. The Balaban J connectivity index is 1.69. The van der Waals surface area contributed by atoms with Gasteiger partial charge >= 0.3 is 0 Å². The number of hydrogen-bond donors (Lipinski definition) is 1. The summed E-state index contributed by atoms with van der Waals surface area (Å²) in [6.45, 7) is 2.30. The van der Waals surface area contributed by atoms with Gasteiger partial charge in [0.05, 0.1) is 17.2 Å². The predicted molar refractivity (Wildman–Crippen MR) is 94.0 cm³/mol. The van der Waals surface area contributed by atoms with Gasteiger partial charge in [0.15, 0.2) is 9.84 Å². The van der Waals surface area contributed by atoms with Crippen molar-refractivity contribution in [1.82, 2.24) is 0 Å². The summed E-state index contributed by atoms with van der Waals surface area (Å²) < 4.78 is 42.8. The Labute approximate surface area is 143 Å². The molecule has 0 aliphatic carbocycles. The molecular formula is C17H25FN2O3S. The van der Waals surface area contributed by atoms with Crippen LogP contribution in [0.2, 0.25) is 0 Å². The summed E-state index contributed by atoms with van der Waals surface area (Å²) in [5.41, 5.74) is 1.38. The van der Waals surface area contributed by atoms with Gasteiger partial charge in [0.25, 0.3) is 0 Å². The third-order valence-electron chi connectivity index (χ3n) is 4.68. The first-order valence-corrected chi connectivity index (χ1v) is 10.4. The van der Waals surface area contributed by atoms with Crippen LogP contribution in [0.5, 0.6) is 0 Å². The van der Waals surface area contributed by atoms with Crippen LogP contribution in [-0.2, 0) is 14.6 Å². The van der Waals surface area contributed by atoms with Gasteiger partial charge in [-0.1, -0.05) is 0 Å². The van der Waals surface area contributed by atoms with E-state index in [1.54, 1.807) is 6.07 Å². The van der Waals surface area contributed by atoms with Gasteiger partial charge in [0.1, 0.15) is 5.82 Å². The Bertz CT molecular complexity index is 644. The largest absolute Gasteiger partial charge is 0.382 e. The summed E-state index contributed by atoms with van der Waals surface area (Å²) in [5, 5.41) is 3.50. The van der Waals surface area contributed by atoms with Crippen molar-refractivity contribution >= 4 is 21.2 Å². The quantitative estimate of drug-likeness (QED) is 0.901. The standard InChI is InChI=1S/C17H25FN2O3S/c18-16-6-5-15(19-14-3-1-9-23-10-2-4-14)13-17(16)20-7-11-24(21,22)12-8-20/h5-6,13-14,19H,1-4,7-12H2. The summed E-state index contributed by atoms with van der Waals surface area (Å²) in [5.74, 6) is -0.120. The number of nitrogens with one attached hydrogen (secondary N) is 1. The molecule has 134 valence electrons. The van der Waals surface area contributed by atoms with Gasteiger partial charge in [-0.3, -0.25) is 0 Å². The Morgan fingerprint density at radius 2 is 1.79 bits per heavy atom. The maximum absolute atomic E-state index is 14.2. The van der Waals surface area contributed by atoms with Gasteiger partial charge in [0.2, 0.25) is 0 Å². The highest BCUT2D eigenvalue weighted by atomic mass is 32.2. The Kier molecular flexibility index (Phi) is 5.61. The normalized spacial score (nSPS) is 22.6. The van der Waals surface area contributed by atoms with E-state index in [1.165, 1.54) is 6.07 Å². The zero-order chi connectivity index (χ0) is 17.0. The van der Waals surface area contributed by atoms with Crippen LogP contribution in [0.3, 0.4) is 0 Å². The molecular weight excluding hydrogens is 331 g/mol. The molecule has 7 heteroatoms. The second-order valence-corrected chi connectivity index (χ2v) is 8.85. The number of ether oxygens (including phenoxy) is 1. The van der Waals surface area contributed by atoms with E-state index < -0.39 is 9.84 Å². The van der Waals surface area contributed by atoms with Crippen molar-refractivity contribution in [1.29, 1.82) is 0 Å². The minimum Gasteiger partial charge on any atom is -0.382 e. The average Bonchev–Trinajstić information content (AvgIpc) is 2.52. The van der Waals surface area contributed by atoms with E-state index in [-0.39, 0.29) is 17.3 Å². The number of hydrogen-bond acceptors (Lipinski definition) is 5. The molecule has 3 rings (SSSR count). The molecule has 24 heavy (non-hydrogen) atoms. The molecule has 1 aromatic carbocycles. The summed E-state index contributed by atoms with van der Waals surface area (Å²) in [7, 11) is -2.97. The molecule has 0 amide bonds. The molecule has 0 aromatic heterocycles. The van der Waals surface area contributed by atoms with Crippen LogP contribution in [0.15, 0.2) is 18.2 Å². The molecule has 5 nitrogen and oxygen atoms in total. The third kappa shape index (κ3) is 4.60. The van der Waals surface area contributed by atoms with Gasteiger partial charge in [-0.05, 0) is 43.9 Å². The zero-order valence-corrected chi connectivity index (χ0v) is 14.7. The molecule has 0 spiro atoms. The number of halogens is 1. The highest BCUT2D eigenvalue weighted by Crippen LogP contribution is 2.26. The summed E-state index contributed by atoms with van der Waals surface area (Å²) >= 11 is 0. The minimum atomic E-state index is -2.97. The van der Waals surface area contributed by atoms with Crippen molar-refractivity contribution < 1.29 is 17.5 Å². The summed E-state index contributed by atoms with van der Waals surface area (Å²) in [4.78, 5) is 1.83. The first-order valence-electron chi connectivity index (χ1n) is 8.63. The summed E-state index contributed by atoms with van der Waals surface area (Å²) in [6.07, 6.45) is 4.12. The second-order valence-electron chi connectivity index (χ2n) is 6.54. The molecule has 0 radical (unpaired) electrons. The fraction of sp³-hybridized carbons (Fsp3) is 0.647. The van der Waals surface area contributed by atoms with Crippen molar-refractivity contribution in [2.75, 3.05) is 48.0 Å². The number of sulfone groups is 1. The van der Waals surface area contributed by atoms with Crippen molar-refractivity contribution in [2.45, 2.75) is 31.7 Å². The van der Waals surface area contributed by atoms with Gasteiger partial charge < -0.3 is 15.0 Å². The molecule has 0 unspecified atom stereocenters. The SMILES string of the molecule is O=S1(=O)CCN(c2cc(NC3CCCOCCC3)ccc2F)CC1. The molecule has 2 fully saturated rings. The van der Waals surface area contributed by atoms with E-state index in [2.05, 4.69) is 5.32 Å². The highest BCUT2D eigenvalue weighted by Gasteiger charge is 2.24. The van der Waals surface area contributed by atoms with Crippen LogP contribution >= 0.6 is 0 Å². The van der Waals surface area contributed by atoms with E-state index in [1.807, 2.05) is 11.0 Å². The van der Waals surface area contributed by atoms with Crippen LogP contribution in [0, 0.1) is 5.82 Å². The fourth-order valence-corrected chi connectivity index (χ4v) is 4.49. The lowest BCUT2D eigenvalue weighted by Crippen LogP contribution is -2.40. The molecule has 0 saturated carbocycles. The molecule has 2 aliphatic heterocycles. The molecule has 0 bridgehead atoms. The van der Waals surface area contributed by atoms with Crippen LogP contribution < -0.4 is 10.2 Å². The van der Waals surface area contributed by atoms with E-state index >= 15 is 0 Å². The monoisotopic (exact) mass is 356 g/mol. The third-order valence-corrected chi connectivity index (χ3v) is 6.29. The molecule has 2 saturated heterocycles. The highest BCUT2D eigenvalue weighted by molar-refractivity contribution is 7.91. The molecule has 2 aliphatic rings. The average molecular weight is 356 g/mol. The van der Waals surface area contributed by atoms with E-state index in [4.69, 9.17) is 4.74 Å². The van der Waals surface area contributed by atoms with Gasteiger partial charge in [-0.2, -0.15) is 0 Å². The van der Waals surface area contributed by atoms with Gasteiger partial charge in [0, 0.05) is 38.0 Å². The first kappa shape index (κ1) is 17.5. The van der Waals surface area contributed by atoms with Crippen molar-refractivity contribution in [3.63, 3.8) is 0 Å². The topological polar surface area (TPSA) is 58.6 Å². The molecule has 2 heterocycles. The maximum atomic E-state index is 14.2. The first-order chi connectivity index (χ1) is 11.5. The lowest BCUT2D eigenvalue weighted by molar-refractivity contribution is 0.114. The summed E-state index contributed by atoms with van der Waals surface area (Å²) in [6, 6.07) is 5.40. The maximum Gasteiger partial charge on any atom is 0.153 e. The van der Waals surface area contributed by atoms with Crippen molar-refractivity contribution in [3.8, 4) is 0 Å². The number of anilines is 2. The zero-order valence-electron chi connectivity index (χ0n) is 13.8. The minimum absolute atomic E-state index is 0.0900. The number of benzene rings is 1. The van der Waals surface area contributed by atoms with Crippen molar-refractivity contribution in [2.24, 2.45) is 0 Å². The van der Waals surface area contributed by atoms with Gasteiger partial charge in [-0.25, -0.2) is 12.8 Å². The number of rotatable bonds is 3. The van der Waals surface area contributed by atoms with Crippen LogP contribution in [0.25, 0.3) is 0 Å². The second kappa shape index (κ2) is 7.70. The Morgan fingerprint density at radius 1 is 1.12 bits per heavy atom. The molecule has 1 aromatic rings. The lowest BCUT2D eigenvalue weighted by atomic mass is 10.0.